The third-order valence-electron chi connectivity index (χ3n) is 4.10. The molecule has 1 rings (SSSR count). The summed E-state index contributed by atoms with van der Waals surface area (Å²) in [5.74, 6) is 0.970. The minimum Gasteiger partial charge on any atom is -0.379 e. The SMILES string of the molecule is CCC1CCC(N(C)CC(CN)OC)CC1. The van der Waals surface area contributed by atoms with E-state index in [9.17, 15) is 0 Å². The lowest BCUT2D eigenvalue weighted by Crippen LogP contribution is -2.42. The average Bonchev–Trinajstić information content (AvgIpc) is 2.35. The minimum absolute atomic E-state index is 0.189. The fraction of sp³-hybridized carbons (Fsp3) is 1.00. The lowest BCUT2D eigenvalue weighted by atomic mass is 9.84. The zero-order valence-corrected chi connectivity index (χ0v) is 11.1. The summed E-state index contributed by atoms with van der Waals surface area (Å²) in [5.41, 5.74) is 5.65. The van der Waals surface area contributed by atoms with Gasteiger partial charge in [-0.05, 0) is 38.6 Å². The average molecular weight is 228 g/mol. The van der Waals surface area contributed by atoms with Gasteiger partial charge in [0.1, 0.15) is 0 Å². The van der Waals surface area contributed by atoms with Gasteiger partial charge >= 0.3 is 0 Å². The lowest BCUT2D eigenvalue weighted by Gasteiger charge is -2.35. The highest BCUT2D eigenvalue weighted by molar-refractivity contribution is 4.79. The minimum atomic E-state index is 0.189. The van der Waals surface area contributed by atoms with Crippen LogP contribution in [0.3, 0.4) is 0 Å². The second-order valence-electron chi connectivity index (χ2n) is 5.12. The van der Waals surface area contributed by atoms with Crippen LogP contribution in [0.5, 0.6) is 0 Å². The van der Waals surface area contributed by atoms with Crippen molar-refractivity contribution < 1.29 is 4.74 Å². The van der Waals surface area contributed by atoms with E-state index in [-0.39, 0.29) is 6.10 Å². The van der Waals surface area contributed by atoms with E-state index in [4.69, 9.17) is 10.5 Å². The van der Waals surface area contributed by atoms with E-state index in [0.717, 1.165) is 18.5 Å². The molecule has 0 spiro atoms. The Bertz CT molecular complexity index is 175. The summed E-state index contributed by atoms with van der Waals surface area (Å²) in [6, 6.07) is 0.743. The first-order valence-corrected chi connectivity index (χ1v) is 6.64. The van der Waals surface area contributed by atoms with E-state index in [1.165, 1.54) is 32.1 Å². The molecule has 0 aromatic heterocycles. The summed E-state index contributed by atoms with van der Waals surface area (Å²) in [6.07, 6.45) is 7.01. The molecule has 1 aliphatic rings. The highest BCUT2D eigenvalue weighted by Crippen LogP contribution is 2.28. The van der Waals surface area contributed by atoms with Crippen molar-refractivity contribution in [2.45, 2.75) is 51.2 Å². The topological polar surface area (TPSA) is 38.5 Å². The lowest BCUT2D eigenvalue weighted by molar-refractivity contribution is 0.0537. The largest absolute Gasteiger partial charge is 0.379 e. The van der Waals surface area contributed by atoms with Crippen molar-refractivity contribution >= 4 is 0 Å². The van der Waals surface area contributed by atoms with Gasteiger partial charge in [0, 0.05) is 26.2 Å². The number of nitrogens with zero attached hydrogens (tertiary/aromatic N) is 1. The summed E-state index contributed by atoms with van der Waals surface area (Å²) in [6.45, 7) is 3.89. The fourth-order valence-electron chi connectivity index (χ4n) is 2.71. The summed E-state index contributed by atoms with van der Waals surface area (Å²) < 4.78 is 5.34. The van der Waals surface area contributed by atoms with E-state index in [1.807, 2.05) is 0 Å². The number of methoxy groups -OCH3 is 1. The molecular formula is C13H28N2O. The number of ether oxygens (including phenoxy) is 1. The van der Waals surface area contributed by atoms with Gasteiger partial charge in [-0.1, -0.05) is 13.3 Å². The van der Waals surface area contributed by atoms with Crippen LogP contribution in [0.25, 0.3) is 0 Å². The molecule has 3 nitrogen and oxygen atoms in total. The normalized spacial score (nSPS) is 28.3. The zero-order chi connectivity index (χ0) is 12.0. The first kappa shape index (κ1) is 13.9. The standard InChI is InChI=1S/C13H28N2O/c1-4-11-5-7-12(8-6-11)15(2)10-13(9-14)16-3/h11-13H,4-10,14H2,1-3H3. The maximum atomic E-state index is 5.65. The van der Waals surface area contributed by atoms with E-state index >= 15 is 0 Å². The van der Waals surface area contributed by atoms with Crippen LogP contribution < -0.4 is 5.73 Å². The van der Waals surface area contributed by atoms with Crippen molar-refractivity contribution in [1.29, 1.82) is 0 Å². The molecule has 1 fully saturated rings. The fourth-order valence-corrected chi connectivity index (χ4v) is 2.71. The number of likely N-dealkylation sites (N-methyl/N-ethyl adjacent to an activating group) is 1. The molecule has 2 N–H and O–H groups in total. The number of nitrogens with two attached hydrogens (primary N) is 1. The van der Waals surface area contributed by atoms with Crippen LogP contribution in [0.1, 0.15) is 39.0 Å². The Morgan fingerprint density at radius 1 is 1.31 bits per heavy atom. The highest BCUT2D eigenvalue weighted by atomic mass is 16.5. The number of hydrogen-bond acceptors (Lipinski definition) is 3. The summed E-state index contributed by atoms with van der Waals surface area (Å²) in [7, 11) is 3.96. The van der Waals surface area contributed by atoms with Gasteiger partial charge in [0.15, 0.2) is 0 Å². The van der Waals surface area contributed by atoms with Gasteiger partial charge in [-0.3, -0.25) is 0 Å². The Kier molecular flexibility index (Phi) is 6.32. The van der Waals surface area contributed by atoms with Gasteiger partial charge in [-0.25, -0.2) is 0 Å². The molecule has 1 saturated carbocycles. The molecule has 96 valence electrons. The van der Waals surface area contributed by atoms with Crippen LogP contribution in [0, 0.1) is 5.92 Å². The third-order valence-corrected chi connectivity index (χ3v) is 4.10. The molecule has 0 bridgehead atoms. The maximum Gasteiger partial charge on any atom is 0.0820 e. The zero-order valence-electron chi connectivity index (χ0n) is 11.1. The van der Waals surface area contributed by atoms with Gasteiger partial charge in [-0.2, -0.15) is 0 Å². The van der Waals surface area contributed by atoms with Crippen molar-refractivity contribution in [2.75, 3.05) is 27.2 Å². The van der Waals surface area contributed by atoms with E-state index < -0.39 is 0 Å². The second-order valence-corrected chi connectivity index (χ2v) is 5.12. The second kappa shape index (κ2) is 7.25. The van der Waals surface area contributed by atoms with Crippen LogP contribution in [-0.4, -0.2) is 44.3 Å². The number of hydrogen-bond donors (Lipinski definition) is 1. The van der Waals surface area contributed by atoms with Crippen LogP contribution in [0.15, 0.2) is 0 Å². The van der Waals surface area contributed by atoms with Gasteiger partial charge in [0.05, 0.1) is 6.10 Å². The molecule has 0 aliphatic heterocycles. The molecule has 0 amide bonds. The van der Waals surface area contributed by atoms with Crippen LogP contribution in [-0.2, 0) is 4.74 Å². The van der Waals surface area contributed by atoms with Crippen molar-refractivity contribution in [3.63, 3.8) is 0 Å². The summed E-state index contributed by atoms with van der Waals surface area (Å²) in [5, 5.41) is 0. The first-order valence-electron chi connectivity index (χ1n) is 6.64. The molecule has 0 aromatic carbocycles. The quantitative estimate of drug-likeness (QED) is 0.754. The van der Waals surface area contributed by atoms with Gasteiger partial charge in [0.2, 0.25) is 0 Å². The Labute approximate surface area is 100 Å². The molecule has 16 heavy (non-hydrogen) atoms. The number of rotatable bonds is 6. The van der Waals surface area contributed by atoms with Gasteiger partial charge < -0.3 is 15.4 Å². The summed E-state index contributed by atoms with van der Waals surface area (Å²) in [4.78, 5) is 2.44. The summed E-state index contributed by atoms with van der Waals surface area (Å²) >= 11 is 0. The van der Waals surface area contributed by atoms with E-state index in [0.29, 0.717) is 6.54 Å². The molecule has 0 radical (unpaired) electrons. The predicted octanol–water partition coefficient (Wildman–Crippen LogP) is 1.86. The first-order chi connectivity index (χ1) is 7.71. The molecule has 0 heterocycles. The molecule has 1 atom stereocenters. The Morgan fingerprint density at radius 2 is 1.94 bits per heavy atom. The predicted molar refractivity (Wildman–Crippen MR) is 68.5 cm³/mol. The van der Waals surface area contributed by atoms with Crippen LogP contribution in [0.4, 0.5) is 0 Å². The van der Waals surface area contributed by atoms with Crippen LogP contribution >= 0.6 is 0 Å². The van der Waals surface area contributed by atoms with Crippen LogP contribution in [0.2, 0.25) is 0 Å². The maximum absolute atomic E-state index is 5.65. The monoisotopic (exact) mass is 228 g/mol. The molecule has 3 heteroatoms. The van der Waals surface area contributed by atoms with Crippen molar-refractivity contribution in [2.24, 2.45) is 11.7 Å². The van der Waals surface area contributed by atoms with Crippen molar-refractivity contribution in [3.05, 3.63) is 0 Å². The smallest absolute Gasteiger partial charge is 0.0820 e. The molecule has 0 saturated heterocycles. The Balaban J connectivity index is 2.29. The Hall–Kier alpha value is -0.120. The van der Waals surface area contributed by atoms with Gasteiger partial charge in [0.25, 0.3) is 0 Å². The third kappa shape index (κ3) is 4.04. The van der Waals surface area contributed by atoms with Gasteiger partial charge in [-0.15, -0.1) is 0 Å². The van der Waals surface area contributed by atoms with Crippen molar-refractivity contribution in [1.82, 2.24) is 4.90 Å². The molecule has 1 aliphatic carbocycles. The Morgan fingerprint density at radius 3 is 2.38 bits per heavy atom. The van der Waals surface area contributed by atoms with Crippen molar-refractivity contribution in [3.8, 4) is 0 Å². The van der Waals surface area contributed by atoms with E-state index in [1.54, 1.807) is 7.11 Å². The van der Waals surface area contributed by atoms with E-state index in [2.05, 4.69) is 18.9 Å². The molecule has 1 unspecified atom stereocenters. The molecular weight excluding hydrogens is 200 g/mol. The highest BCUT2D eigenvalue weighted by Gasteiger charge is 2.24. The molecule has 0 aromatic rings.